The first-order valence-corrected chi connectivity index (χ1v) is 6.98. The third-order valence-electron chi connectivity index (χ3n) is 2.56. The van der Waals surface area contributed by atoms with E-state index in [2.05, 4.69) is 18.0 Å². The molecular weight excluding hydrogens is 264 g/mol. The lowest BCUT2D eigenvalue weighted by atomic mass is 10.2. The van der Waals surface area contributed by atoms with Crippen LogP contribution in [0.2, 0.25) is 5.02 Å². The molecule has 2 rings (SSSR count). The number of rotatable bonds is 4. The molecule has 1 heterocycles. The Morgan fingerprint density at radius 1 is 1.33 bits per heavy atom. The smallest absolute Gasteiger partial charge is 0.104 e. The first kappa shape index (κ1) is 13.4. The van der Waals surface area contributed by atoms with Gasteiger partial charge in [-0.2, -0.15) is 0 Å². The van der Waals surface area contributed by atoms with Crippen molar-refractivity contribution in [2.24, 2.45) is 5.73 Å². The van der Waals surface area contributed by atoms with Crippen LogP contribution in [0, 0.1) is 6.92 Å². The third-order valence-corrected chi connectivity index (χ3v) is 4.20. The Hall–Kier alpha value is -1.03. The van der Waals surface area contributed by atoms with Crippen LogP contribution in [0.4, 0.5) is 0 Å². The quantitative estimate of drug-likeness (QED) is 0.927. The molecule has 2 nitrogen and oxygen atoms in total. The molecule has 18 heavy (non-hydrogen) atoms. The highest BCUT2D eigenvalue weighted by Gasteiger charge is 2.06. The van der Waals surface area contributed by atoms with Crippen LogP contribution < -0.4 is 5.73 Å². The van der Waals surface area contributed by atoms with Crippen LogP contribution >= 0.6 is 23.4 Å². The maximum atomic E-state index is 6.14. The first-order valence-electron chi connectivity index (χ1n) is 5.78. The number of nitrogens with two attached hydrogens (primary N) is 1. The average molecular weight is 279 g/mol. The minimum atomic E-state index is 0.651. The fourth-order valence-corrected chi connectivity index (χ4v) is 2.76. The molecular formula is C14H15ClN2S. The van der Waals surface area contributed by atoms with Gasteiger partial charge in [-0.1, -0.05) is 41.6 Å². The first-order chi connectivity index (χ1) is 8.70. The summed E-state index contributed by atoms with van der Waals surface area (Å²) >= 11 is 7.74. The van der Waals surface area contributed by atoms with Gasteiger partial charge in [0.25, 0.3) is 0 Å². The van der Waals surface area contributed by atoms with Crippen LogP contribution in [-0.2, 0) is 6.42 Å². The fraction of sp³-hybridized carbons (Fsp3) is 0.214. The minimum Gasteiger partial charge on any atom is -0.330 e. The predicted octanol–water partition coefficient (Wildman–Crippen LogP) is 3.70. The van der Waals surface area contributed by atoms with E-state index in [1.165, 1.54) is 5.56 Å². The molecule has 4 heteroatoms. The summed E-state index contributed by atoms with van der Waals surface area (Å²) < 4.78 is 0. The Balaban J connectivity index is 2.22. The van der Waals surface area contributed by atoms with Gasteiger partial charge in [0.1, 0.15) is 5.03 Å². The number of hydrogen-bond acceptors (Lipinski definition) is 3. The third kappa shape index (κ3) is 3.25. The normalized spacial score (nSPS) is 10.6. The van der Waals surface area contributed by atoms with Crippen molar-refractivity contribution in [2.45, 2.75) is 23.3 Å². The second-order valence-corrected chi connectivity index (χ2v) is 5.47. The minimum absolute atomic E-state index is 0.651. The number of pyridine rings is 1. The van der Waals surface area contributed by atoms with Crippen LogP contribution in [0.5, 0.6) is 0 Å². The van der Waals surface area contributed by atoms with Crippen molar-refractivity contribution in [3.8, 4) is 0 Å². The Bertz CT molecular complexity index is 543. The number of aryl methyl sites for hydroxylation is 1. The van der Waals surface area contributed by atoms with E-state index < -0.39 is 0 Å². The lowest BCUT2D eigenvalue weighted by Gasteiger charge is -2.07. The average Bonchev–Trinajstić information content (AvgIpc) is 2.35. The van der Waals surface area contributed by atoms with Crippen molar-refractivity contribution in [2.75, 3.05) is 6.54 Å². The van der Waals surface area contributed by atoms with E-state index in [4.69, 9.17) is 17.3 Å². The Labute approximate surface area is 117 Å². The summed E-state index contributed by atoms with van der Waals surface area (Å²) in [5.74, 6) is 0. The maximum Gasteiger partial charge on any atom is 0.104 e. The number of benzene rings is 1. The molecule has 0 fully saturated rings. The Morgan fingerprint density at radius 3 is 2.78 bits per heavy atom. The van der Waals surface area contributed by atoms with Gasteiger partial charge in [0, 0.05) is 11.1 Å². The van der Waals surface area contributed by atoms with Gasteiger partial charge < -0.3 is 5.73 Å². The predicted molar refractivity (Wildman–Crippen MR) is 77.3 cm³/mol. The summed E-state index contributed by atoms with van der Waals surface area (Å²) in [4.78, 5) is 5.51. The van der Waals surface area contributed by atoms with Crippen molar-refractivity contribution in [3.05, 3.63) is 52.7 Å². The largest absolute Gasteiger partial charge is 0.330 e. The van der Waals surface area contributed by atoms with Gasteiger partial charge in [-0.15, -0.1) is 0 Å². The molecule has 0 bridgehead atoms. The summed E-state index contributed by atoms with van der Waals surface area (Å²) in [6, 6.07) is 9.94. The van der Waals surface area contributed by atoms with Crippen LogP contribution in [-0.4, -0.2) is 11.5 Å². The zero-order valence-corrected chi connectivity index (χ0v) is 11.8. The zero-order valence-electron chi connectivity index (χ0n) is 10.2. The molecule has 2 aromatic rings. The summed E-state index contributed by atoms with van der Waals surface area (Å²) in [5.41, 5.74) is 7.88. The lowest BCUT2D eigenvalue weighted by Crippen LogP contribution is -2.03. The van der Waals surface area contributed by atoms with Crippen molar-refractivity contribution in [1.29, 1.82) is 0 Å². The molecule has 2 N–H and O–H groups in total. The molecule has 1 aromatic heterocycles. The van der Waals surface area contributed by atoms with E-state index in [1.54, 1.807) is 11.8 Å². The molecule has 0 atom stereocenters. The van der Waals surface area contributed by atoms with Crippen molar-refractivity contribution in [1.82, 2.24) is 4.98 Å². The summed E-state index contributed by atoms with van der Waals surface area (Å²) in [6.07, 6.45) is 2.75. The van der Waals surface area contributed by atoms with E-state index in [0.717, 1.165) is 26.9 Å². The fourth-order valence-electron chi connectivity index (χ4n) is 1.66. The Kier molecular flexibility index (Phi) is 4.64. The maximum absolute atomic E-state index is 6.14. The van der Waals surface area contributed by atoms with Gasteiger partial charge >= 0.3 is 0 Å². The van der Waals surface area contributed by atoms with Gasteiger partial charge in [0.2, 0.25) is 0 Å². The van der Waals surface area contributed by atoms with Crippen LogP contribution in [0.15, 0.2) is 46.5 Å². The summed E-state index contributed by atoms with van der Waals surface area (Å²) in [5, 5.41) is 1.75. The number of aromatic nitrogens is 1. The number of halogens is 1. The van der Waals surface area contributed by atoms with E-state index in [-0.39, 0.29) is 0 Å². The molecule has 0 saturated heterocycles. The number of hydrogen-bond donors (Lipinski definition) is 1. The molecule has 0 amide bonds. The highest BCUT2D eigenvalue weighted by molar-refractivity contribution is 7.99. The van der Waals surface area contributed by atoms with Gasteiger partial charge in [0.05, 0.1) is 5.02 Å². The van der Waals surface area contributed by atoms with Gasteiger partial charge in [-0.3, -0.25) is 0 Å². The van der Waals surface area contributed by atoms with Crippen molar-refractivity contribution < 1.29 is 0 Å². The van der Waals surface area contributed by atoms with Crippen molar-refractivity contribution in [3.63, 3.8) is 0 Å². The summed E-state index contributed by atoms with van der Waals surface area (Å²) in [7, 11) is 0. The van der Waals surface area contributed by atoms with Gasteiger partial charge in [-0.05, 0) is 43.1 Å². The van der Waals surface area contributed by atoms with E-state index in [9.17, 15) is 0 Å². The molecule has 0 aliphatic carbocycles. The highest BCUT2D eigenvalue weighted by Crippen LogP contribution is 2.33. The second-order valence-electron chi connectivity index (χ2n) is 4.04. The molecule has 0 aliphatic heterocycles. The highest BCUT2D eigenvalue weighted by atomic mass is 35.5. The topological polar surface area (TPSA) is 38.9 Å². The van der Waals surface area contributed by atoms with E-state index in [0.29, 0.717) is 6.54 Å². The standard InChI is InChI=1S/C14H15ClN2S/c1-10-8-11(6-7-16)9-17-14(10)18-13-5-3-2-4-12(13)15/h2-5,8-9H,6-7,16H2,1H3. The molecule has 0 aliphatic rings. The molecule has 94 valence electrons. The Morgan fingerprint density at radius 2 is 2.11 bits per heavy atom. The second kappa shape index (κ2) is 6.23. The lowest BCUT2D eigenvalue weighted by molar-refractivity contribution is 0.935. The monoisotopic (exact) mass is 278 g/mol. The number of nitrogens with zero attached hydrogens (tertiary/aromatic N) is 1. The van der Waals surface area contributed by atoms with Crippen molar-refractivity contribution >= 4 is 23.4 Å². The zero-order chi connectivity index (χ0) is 13.0. The molecule has 0 spiro atoms. The van der Waals surface area contributed by atoms with Gasteiger partial charge in [-0.25, -0.2) is 4.98 Å². The van der Waals surface area contributed by atoms with E-state index in [1.807, 2.05) is 30.5 Å². The van der Waals surface area contributed by atoms with Crippen LogP contribution in [0.1, 0.15) is 11.1 Å². The SMILES string of the molecule is Cc1cc(CCN)cnc1Sc1ccccc1Cl. The van der Waals surface area contributed by atoms with Crippen LogP contribution in [0.25, 0.3) is 0 Å². The molecule has 0 unspecified atom stereocenters. The van der Waals surface area contributed by atoms with E-state index >= 15 is 0 Å². The molecule has 1 aromatic carbocycles. The van der Waals surface area contributed by atoms with Crippen LogP contribution in [0.3, 0.4) is 0 Å². The summed E-state index contributed by atoms with van der Waals surface area (Å²) in [6.45, 7) is 2.71. The van der Waals surface area contributed by atoms with Gasteiger partial charge in [0.15, 0.2) is 0 Å². The molecule has 0 radical (unpaired) electrons. The molecule has 0 saturated carbocycles.